The van der Waals surface area contributed by atoms with Gasteiger partial charge in [0.05, 0.1) is 7.11 Å². The first-order valence-corrected chi connectivity index (χ1v) is 4.61. The molecule has 0 aliphatic rings. The summed E-state index contributed by atoms with van der Waals surface area (Å²) >= 11 is 0. The molecule has 1 N–H and O–H groups in total. The van der Waals surface area contributed by atoms with Gasteiger partial charge in [-0.05, 0) is 12.1 Å². The lowest BCUT2D eigenvalue weighted by molar-refractivity contribution is -0.139. The molecule has 0 saturated heterocycles. The molecule has 1 aromatic rings. The van der Waals surface area contributed by atoms with Gasteiger partial charge in [0, 0.05) is 6.42 Å². The molecule has 0 aromatic carbocycles. The van der Waals surface area contributed by atoms with Gasteiger partial charge in [-0.1, -0.05) is 6.92 Å². The van der Waals surface area contributed by atoms with Crippen molar-refractivity contribution in [3.63, 3.8) is 0 Å². The van der Waals surface area contributed by atoms with E-state index in [4.69, 9.17) is 4.42 Å². The van der Waals surface area contributed by atoms with Crippen LogP contribution in [-0.4, -0.2) is 25.5 Å². The van der Waals surface area contributed by atoms with Crippen LogP contribution in [0.1, 0.15) is 23.2 Å². The van der Waals surface area contributed by atoms with Crippen molar-refractivity contribution in [1.29, 1.82) is 0 Å². The van der Waals surface area contributed by atoms with Crippen molar-refractivity contribution in [1.82, 2.24) is 5.32 Å². The monoisotopic (exact) mass is 211 g/mol. The molecule has 0 bridgehead atoms. The van der Waals surface area contributed by atoms with Crippen molar-refractivity contribution in [2.75, 3.05) is 13.7 Å². The molecule has 0 atom stereocenters. The molecule has 1 heterocycles. The fourth-order valence-corrected chi connectivity index (χ4v) is 1.00. The predicted molar refractivity (Wildman–Crippen MR) is 52.4 cm³/mol. The third-order valence-electron chi connectivity index (χ3n) is 1.85. The molecule has 0 fully saturated rings. The van der Waals surface area contributed by atoms with Crippen LogP contribution < -0.4 is 5.32 Å². The van der Waals surface area contributed by atoms with E-state index < -0.39 is 11.9 Å². The number of amides is 1. The Morgan fingerprint density at radius 2 is 2.20 bits per heavy atom. The molecule has 1 aromatic heterocycles. The van der Waals surface area contributed by atoms with Gasteiger partial charge in [0.2, 0.25) is 0 Å². The van der Waals surface area contributed by atoms with Crippen LogP contribution in [0.25, 0.3) is 0 Å². The highest BCUT2D eigenvalue weighted by molar-refractivity contribution is 5.93. The lowest BCUT2D eigenvalue weighted by Crippen LogP contribution is -2.29. The Morgan fingerprint density at radius 1 is 1.47 bits per heavy atom. The van der Waals surface area contributed by atoms with Crippen LogP contribution in [0.2, 0.25) is 0 Å². The molecule has 1 amide bonds. The van der Waals surface area contributed by atoms with Gasteiger partial charge < -0.3 is 14.5 Å². The number of methoxy groups -OCH3 is 1. The maximum Gasteiger partial charge on any atom is 0.325 e. The molecule has 1 rings (SSSR count). The molecular formula is C10H13NO4. The summed E-state index contributed by atoms with van der Waals surface area (Å²) in [7, 11) is 1.26. The maximum atomic E-state index is 11.4. The van der Waals surface area contributed by atoms with E-state index in [9.17, 15) is 9.59 Å². The summed E-state index contributed by atoms with van der Waals surface area (Å²) in [4.78, 5) is 22.1. The number of furan rings is 1. The van der Waals surface area contributed by atoms with E-state index in [1.165, 1.54) is 7.11 Å². The van der Waals surface area contributed by atoms with Crippen LogP contribution in [-0.2, 0) is 16.0 Å². The molecule has 0 aliphatic heterocycles. The fraction of sp³-hybridized carbons (Fsp3) is 0.400. The van der Waals surface area contributed by atoms with Gasteiger partial charge in [-0.2, -0.15) is 0 Å². The standard InChI is InChI=1S/C10H13NO4/c1-3-7-4-5-8(15-7)10(13)11-6-9(12)14-2/h4-5H,3,6H2,1-2H3,(H,11,13). The van der Waals surface area contributed by atoms with Crippen molar-refractivity contribution in [3.05, 3.63) is 23.7 Å². The van der Waals surface area contributed by atoms with Crippen molar-refractivity contribution in [2.24, 2.45) is 0 Å². The Morgan fingerprint density at radius 3 is 2.73 bits per heavy atom. The van der Waals surface area contributed by atoms with Crippen molar-refractivity contribution < 1.29 is 18.7 Å². The second kappa shape index (κ2) is 5.19. The third-order valence-corrected chi connectivity index (χ3v) is 1.85. The second-order valence-corrected chi connectivity index (χ2v) is 2.88. The second-order valence-electron chi connectivity index (χ2n) is 2.88. The molecule has 0 unspecified atom stereocenters. The fourth-order valence-electron chi connectivity index (χ4n) is 1.00. The average Bonchev–Trinajstić information content (AvgIpc) is 2.73. The number of aryl methyl sites for hydroxylation is 1. The van der Waals surface area contributed by atoms with Crippen molar-refractivity contribution in [3.8, 4) is 0 Å². The topological polar surface area (TPSA) is 68.5 Å². The normalized spacial score (nSPS) is 9.73. The summed E-state index contributed by atoms with van der Waals surface area (Å²) in [6.45, 7) is 1.77. The number of ether oxygens (including phenoxy) is 1. The largest absolute Gasteiger partial charge is 0.468 e. The maximum absolute atomic E-state index is 11.4. The molecule has 0 radical (unpaired) electrons. The Balaban J connectivity index is 2.50. The SMILES string of the molecule is CCc1ccc(C(=O)NCC(=O)OC)o1. The van der Waals surface area contributed by atoms with E-state index >= 15 is 0 Å². The first kappa shape index (κ1) is 11.3. The number of carbonyl (C=O) groups excluding carboxylic acids is 2. The average molecular weight is 211 g/mol. The summed E-state index contributed by atoms with van der Waals surface area (Å²) in [6.07, 6.45) is 0.726. The highest BCUT2D eigenvalue weighted by Gasteiger charge is 2.11. The van der Waals surface area contributed by atoms with E-state index in [0.29, 0.717) is 0 Å². The highest BCUT2D eigenvalue weighted by atomic mass is 16.5. The molecule has 82 valence electrons. The Labute approximate surface area is 87.4 Å². The Hall–Kier alpha value is -1.78. The van der Waals surface area contributed by atoms with Gasteiger partial charge in [-0.25, -0.2) is 0 Å². The lowest BCUT2D eigenvalue weighted by Gasteiger charge is -2.00. The molecule has 5 heteroatoms. The lowest BCUT2D eigenvalue weighted by atomic mass is 10.3. The number of esters is 1. The highest BCUT2D eigenvalue weighted by Crippen LogP contribution is 2.07. The zero-order chi connectivity index (χ0) is 11.3. The first-order chi connectivity index (χ1) is 7.17. The minimum Gasteiger partial charge on any atom is -0.468 e. The van der Waals surface area contributed by atoms with E-state index in [1.54, 1.807) is 12.1 Å². The summed E-state index contributed by atoms with van der Waals surface area (Å²) in [5.74, 6) is 0.0275. The van der Waals surface area contributed by atoms with Crippen LogP contribution in [0.4, 0.5) is 0 Å². The van der Waals surface area contributed by atoms with Crippen LogP contribution in [0.3, 0.4) is 0 Å². The van der Waals surface area contributed by atoms with Crippen molar-refractivity contribution >= 4 is 11.9 Å². The smallest absolute Gasteiger partial charge is 0.325 e. The number of nitrogens with one attached hydrogen (secondary N) is 1. The molecule has 0 aliphatic carbocycles. The number of rotatable bonds is 4. The Kier molecular flexibility index (Phi) is 3.91. The first-order valence-electron chi connectivity index (χ1n) is 4.61. The van der Waals surface area contributed by atoms with Gasteiger partial charge in [0.25, 0.3) is 5.91 Å². The van der Waals surface area contributed by atoms with Crippen LogP contribution in [0, 0.1) is 0 Å². The molecule has 0 spiro atoms. The van der Waals surface area contributed by atoms with Crippen molar-refractivity contribution in [2.45, 2.75) is 13.3 Å². The van der Waals surface area contributed by atoms with Crippen LogP contribution in [0.15, 0.2) is 16.5 Å². The van der Waals surface area contributed by atoms with Crippen LogP contribution >= 0.6 is 0 Å². The zero-order valence-corrected chi connectivity index (χ0v) is 8.70. The third kappa shape index (κ3) is 3.12. The van der Waals surface area contributed by atoms with E-state index in [1.807, 2.05) is 6.92 Å². The predicted octanol–water partition coefficient (Wildman–Crippen LogP) is 0.745. The number of hydrogen-bond donors (Lipinski definition) is 1. The van der Waals surface area contributed by atoms with Gasteiger partial charge in [0.15, 0.2) is 5.76 Å². The van der Waals surface area contributed by atoms with E-state index in [0.717, 1.165) is 12.2 Å². The van der Waals surface area contributed by atoms with Gasteiger partial charge in [0.1, 0.15) is 12.3 Å². The molecule has 0 saturated carbocycles. The quantitative estimate of drug-likeness (QED) is 0.746. The van der Waals surface area contributed by atoms with Gasteiger partial charge in [-0.15, -0.1) is 0 Å². The molecule has 15 heavy (non-hydrogen) atoms. The van der Waals surface area contributed by atoms with Gasteiger partial charge in [-0.3, -0.25) is 9.59 Å². The van der Waals surface area contributed by atoms with E-state index in [2.05, 4.69) is 10.1 Å². The van der Waals surface area contributed by atoms with Gasteiger partial charge >= 0.3 is 5.97 Å². The number of hydrogen-bond acceptors (Lipinski definition) is 4. The summed E-state index contributed by atoms with van der Waals surface area (Å²) in [6, 6.07) is 3.30. The minimum absolute atomic E-state index is 0.155. The summed E-state index contributed by atoms with van der Waals surface area (Å²) < 4.78 is 9.57. The minimum atomic E-state index is -0.495. The van der Waals surface area contributed by atoms with E-state index in [-0.39, 0.29) is 12.3 Å². The molecular weight excluding hydrogens is 198 g/mol. The Bertz CT molecular complexity index is 356. The number of carbonyl (C=O) groups is 2. The van der Waals surface area contributed by atoms with Crippen LogP contribution in [0.5, 0.6) is 0 Å². The zero-order valence-electron chi connectivity index (χ0n) is 8.70. The summed E-state index contributed by atoms with van der Waals surface area (Å²) in [5, 5.41) is 2.38. The molecule has 5 nitrogen and oxygen atoms in total. The summed E-state index contributed by atoms with van der Waals surface area (Å²) in [5.41, 5.74) is 0.